The van der Waals surface area contributed by atoms with Crippen molar-refractivity contribution in [3.05, 3.63) is 35.4 Å². The minimum Gasteiger partial charge on any atom is -0.480 e. The van der Waals surface area contributed by atoms with Gasteiger partial charge in [0.1, 0.15) is 6.04 Å². The molecule has 0 saturated heterocycles. The summed E-state index contributed by atoms with van der Waals surface area (Å²) in [6, 6.07) is 7.81. The molecule has 1 aliphatic rings. The third-order valence-corrected chi connectivity index (χ3v) is 4.12. The van der Waals surface area contributed by atoms with Gasteiger partial charge in [0.25, 0.3) is 0 Å². The highest BCUT2D eigenvalue weighted by Crippen LogP contribution is 2.23. The third-order valence-electron chi connectivity index (χ3n) is 3.42. The summed E-state index contributed by atoms with van der Waals surface area (Å²) in [6.07, 6.45) is 3.76. The minimum atomic E-state index is -0.700. The fourth-order valence-electron chi connectivity index (χ4n) is 2.47. The number of carboxylic acid groups (broad SMARTS) is 1. The SMILES string of the molecule is CSCCCN1Cc2ccccc2CC1C(=O)O. The van der Waals surface area contributed by atoms with E-state index in [9.17, 15) is 9.90 Å². The molecule has 0 spiro atoms. The van der Waals surface area contributed by atoms with Crippen LogP contribution in [0.25, 0.3) is 0 Å². The van der Waals surface area contributed by atoms with Crippen molar-refractivity contribution in [3.8, 4) is 0 Å². The molecule has 18 heavy (non-hydrogen) atoms. The second-order valence-corrected chi connectivity index (χ2v) is 5.63. The maximum absolute atomic E-state index is 11.4. The van der Waals surface area contributed by atoms with Gasteiger partial charge in [0.05, 0.1) is 0 Å². The van der Waals surface area contributed by atoms with E-state index in [2.05, 4.69) is 17.2 Å². The maximum Gasteiger partial charge on any atom is 0.321 e. The molecular formula is C14H19NO2S. The van der Waals surface area contributed by atoms with Gasteiger partial charge in [0, 0.05) is 13.1 Å². The van der Waals surface area contributed by atoms with Gasteiger partial charge in [-0.1, -0.05) is 24.3 Å². The van der Waals surface area contributed by atoms with Gasteiger partial charge < -0.3 is 5.11 Å². The van der Waals surface area contributed by atoms with E-state index in [0.29, 0.717) is 6.42 Å². The molecule has 1 aliphatic heterocycles. The number of nitrogens with zero attached hydrogens (tertiary/aromatic N) is 1. The molecule has 0 saturated carbocycles. The van der Waals surface area contributed by atoms with Crippen molar-refractivity contribution in [3.63, 3.8) is 0 Å². The van der Waals surface area contributed by atoms with Gasteiger partial charge in [-0.25, -0.2) is 0 Å². The minimum absolute atomic E-state index is 0.359. The van der Waals surface area contributed by atoms with E-state index in [4.69, 9.17) is 0 Å². The fourth-order valence-corrected chi connectivity index (χ4v) is 2.89. The van der Waals surface area contributed by atoms with E-state index in [1.165, 1.54) is 11.1 Å². The van der Waals surface area contributed by atoms with Crippen LogP contribution in [0.2, 0.25) is 0 Å². The third kappa shape index (κ3) is 3.06. The summed E-state index contributed by atoms with van der Waals surface area (Å²) < 4.78 is 0. The first kappa shape index (κ1) is 13.4. The molecule has 1 aromatic rings. The number of fused-ring (bicyclic) bond motifs is 1. The van der Waals surface area contributed by atoms with E-state index in [1.54, 1.807) is 0 Å². The molecule has 0 amide bonds. The van der Waals surface area contributed by atoms with Crippen LogP contribution < -0.4 is 0 Å². The Labute approximate surface area is 112 Å². The molecule has 1 heterocycles. The number of rotatable bonds is 5. The van der Waals surface area contributed by atoms with Crippen molar-refractivity contribution in [1.82, 2.24) is 4.90 Å². The summed E-state index contributed by atoms with van der Waals surface area (Å²) >= 11 is 1.81. The zero-order valence-corrected chi connectivity index (χ0v) is 11.4. The van der Waals surface area contributed by atoms with Gasteiger partial charge in [0.15, 0.2) is 0 Å². The summed E-state index contributed by atoms with van der Waals surface area (Å²) in [6.45, 7) is 1.63. The molecule has 2 rings (SSSR count). The van der Waals surface area contributed by atoms with Crippen molar-refractivity contribution in [2.45, 2.75) is 25.4 Å². The predicted octanol–water partition coefficient (Wildman–Crippen LogP) is 2.25. The lowest BCUT2D eigenvalue weighted by molar-refractivity contribution is -0.143. The number of hydrogen-bond acceptors (Lipinski definition) is 3. The molecule has 0 fully saturated rings. The summed E-state index contributed by atoms with van der Waals surface area (Å²) in [5.74, 6) is 0.387. The van der Waals surface area contributed by atoms with Gasteiger partial charge in [-0.3, -0.25) is 9.69 Å². The first-order valence-electron chi connectivity index (χ1n) is 6.25. The van der Waals surface area contributed by atoms with Gasteiger partial charge in [-0.15, -0.1) is 0 Å². The molecule has 0 radical (unpaired) electrons. The monoisotopic (exact) mass is 265 g/mol. The molecule has 0 aromatic heterocycles. The molecule has 1 atom stereocenters. The fraction of sp³-hybridized carbons (Fsp3) is 0.500. The van der Waals surface area contributed by atoms with Gasteiger partial charge in [-0.2, -0.15) is 11.8 Å². The first-order valence-corrected chi connectivity index (χ1v) is 7.64. The van der Waals surface area contributed by atoms with Crippen molar-refractivity contribution >= 4 is 17.7 Å². The number of carbonyl (C=O) groups is 1. The average Bonchev–Trinajstić information content (AvgIpc) is 2.38. The van der Waals surface area contributed by atoms with E-state index in [1.807, 2.05) is 30.0 Å². The number of aliphatic carboxylic acids is 1. The number of hydrogen-bond donors (Lipinski definition) is 1. The van der Waals surface area contributed by atoms with Crippen LogP contribution in [0, 0.1) is 0 Å². The molecule has 3 nitrogen and oxygen atoms in total. The van der Waals surface area contributed by atoms with Crippen LogP contribution in [-0.2, 0) is 17.8 Å². The Kier molecular flexibility index (Phi) is 4.66. The summed E-state index contributed by atoms with van der Waals surface area (Å²) in [7, 11) is 0. The Hall–Kier alpha value is -1.00. The Bertz CT molecular complexity index is 422. The highest BCUT2D eigenvalue weighted by atomic mass is 32.2. The quantitative estimate of drug-likeness (QED) is 0.829. The molecule has 1 aromatic carbocycles. The van der Waals surface area contributed by atoms with Crippen LogP contribution in [0.1, 0.15) is 17.5 Å². The van der Waals surface area contributed by atoms with Crippen LogP contribution >= 0.6 is 11.8 Å². The maximum atomic E-state index is 11.4. The lowest BCUT2D eigenvalue weighted by atomic mass is 9.94. The van der Waals surface area contributed by atoms with E-state index >= 15 is 0 Å². The van der Waals surface area contributed by atoms with Crippen LogP contribution in [0.4, 0.5) is 0 Å². The molecule has 98 valence electrons. The van der Waals surface area contributed by atoms with Crippen molar-refractivity contribution in [2.75, 3.05) is 18.6 Å². The standard InChI is InChI=1S/C14H19NO2S/c1-18-8-4-7-15-10-12-6-3-2-5-11(12)9-13(15)14(16)17/h2-3,5-6,13H,4,7-10H2,1H3,(H,16,17). The predicted molar refractivity (Wildman–Crippen MR) is 75.0 cm³/mol. The Morgan fingerprint density at radius 1 is 1.44 bits per heavy atom. The highest BCUT2D eigenvalue weighted by Gasteiger charge is 2.30. The van der Waals surface area contributed by atoms with Crippen LogP contribution in [0.15, 0.2) is 24.3 Å². The number of carboxylic acids is 1. The summed E-state index contributed by atoms with van der Waals surface area (Å²) in [5.41, 5.74) is 2.46. The van der Waals surface area contributed by atoms with Crippen molar-refractivity contribution < 1.29 is 9.90 Å². The van der Waals surface area contributed by atoms with Crippen molar-refractivity contribution in [2.24, 2.45) is 0 Å². The molecule has 1 N–H and O–H groups in total. The largest absolute Gasteiger partial charge is 0.480 e. The average molecular weight is 265 g/mol. The Morgan fingerprint density at radius 2 is 2.17 bits per heavy atom. The lowest BCUT2D eigenvalue weighted by Gasteiger charge is -2.34. The zero-order valence-electron chi connectivity index (χ0n) is 10.6. The molecule has 0 aliphatic carbocycles. The summed E-state index contributed by atoms with van der Waals surface area (Å²) in [4.78, 5) is 13.5. The van der Waals surface area contributed by atoms with Gasteiger partial charge in [0.2, 0.25) is 0 Å². The van der Waals surface area contributed by atoms with Gasteiger partial charge in [-0.05, 0) is 36.0 Å². The normalized spacial score (nSPS) is 19.5. The Morgan fingerprint density at radius 3 is 2.83 bits per heavy atom. The molecule has 1 unspecified atom stereocenters. The first-order chi connectivity index (χ1) is 8.72. The molecule has 4 heteroatoms. The van der Waals surface area contributed by atoms with Crippen LogP contribution in [-0.4, -0.2) is 40.6 Å². The van der Waals surface area contributed by atoms with Crippen molar-refractivity contribution in [1.29, 1.82) is 0 Å². The second kappa shape index (κ2) is 6.25. The van der Waals surface area contributed by atoms with Crippen LogP contribution in [0.3, 0.4) is 0 Å². The Balaban J connectivity index is 2.10. The van der Waals surface area contributed by atoms with E-state index in [-0.39, 0.29) is 6.04 Å². The smallest absolute Gasteiger partial charge is 0.321 e. The second-order valence-electron chi connectivity index (χ2n) is 4.64. The lowest BCUT2D eigenvalue weighted by Crippen LogP contribution is -2.46. The van der Waals surface area contributed by atoms with E-state index < -0.39 is 5.97 Å². The van der Waals surface area contributed by atoms with Gasteiger partial charge >= 0.3 is 5.97 Å². The topological polar surface area (TPSA) is 40.5 Å². The highest BCUT2D eigenvalue weighted by molar-refractivity contribution is 7.98. The van der Waals surface area contributed by atoms with E-state index in [0.717, 1.165) is 25.3 Å². The summed E-state index contributed by atoms with van der Waals surface area (Å²) in [5, 5.41) is 9.34. The molecular weight excluding hydrogens is 246 g/mol. The number of thioether (sulfide) groups is 1. The zero-order chi connectivity index (χ0) is 13.0. The van der Waals surface area contributed by atoms with Crippen LogP contribution in [0.5, 0.6) is 0 Å². The molecule has 0 bridgehead atoms. The number of benzene rings is 1.